The van der Waals surface area contributed by atoms with Crippen molar-refractivity contribution in [2.45, 2.75) is 13.5 Å². The summed E-state index contributed by atoms with van der Waals surface area (Å²) in [7, 11) is 3.26. The van der Waals surface area contributed by atoms with Crippen molar-refractivity contribution >= 4 is 28.3 Å². The summed E-state index contributed by atoms with van der Waals surface area (Å²) in [6, 6.07) is 13.5. The molecule has 0 aliphatic rings. The number of nitrogen functional groups attached to an aromatic ring is 1. The lowest BCUT2D eigenvalue weighted by atomic mass is 10.2. The summed E-state index contributed by atoms with van der Waals surface area (Å²) in [6.07, 6.45) is 0. The van der Waals surface area contributed by atoms with Crippen LogP contribution in [0.3, 0.4) is 0 Å². The van der Waals surface area contributed by atoms with Gasteiger partial charge in [0.2, 0.25) is 0 Å². The first-order valence-electron chi connectivity index (χ1n) is 8.74. The van der Waals surface area contributed by atoms with Crippen molar-refractivity contribution in [1.82, 2.24) is 14.9 Å². The molecule has 4 aromatic rings. The molecule has 0 amide bonds. The van der Waals surface area contributed by atoms with Crippen molar-refractivity contribution in [1.29, 1.82) is 0 Å². The summed E-state index contributed by atoms with van der Waals surface area (Å²) in [5.41, 5.74) is 9.16. The third kappa shape index (κ3) is 3.32. The SMILES string of the molecule is COc1ccc(Cn2nc(C)cc2Nc2cc3onc(N)c3cc2OC)cc1. The Kier molecular flexibility index (Phi) is 4.52. The van der Waals surface area contributed by atoms with Crippen LogP contribution >= 0.6 is 0 Å². The number of aromatic nitrogens is 3. The van der Waals surface area contributed by atoms with Gasteiger partial charge in [-0.05, 0) is 30.7 Å². The quantitative estimate of drug-likeness (QED) is 0.526. The minimum Gasteiger partial charge on any atom is -0.497 e. The van der Waals surface area contributed by atoms with Crippen molar-refractivity contribution < 1.29 is 14.0 Å². The number of rotatable bonds is 6. The Morgan fingerprint density at radius 3 is 2.61 bits per heavy atom. The molecule has 3 N–H and O–H groups in total. The first kappa shape index (κ1) is 17.7. The number of hydrogen-bond acceptors (Lipinski definition) is 7. The number of nitrogens with two attached hydrogens (primary N) is 1. The smallest absolute Gasteiger partial charge is 0.174 e. The number of fused-ring (bicyclic) bond motifs is 1. The van der Waals surface area contributed by atoms with E-state index in [1.54, 1.807) is 20.3 Å². The van der Waals surface area contributed by atoms with Crippen LogP contribution in [-0.4, -0.2) is 29.2 Å². The second kappa shape index (κ2) is 7.15. The molecule has 2 heterocycles. The number of aryl methyl sites for hydroxylation is 1. The number of hydrogen-bond donors (Lipinski definition) is 2. The summed E-state index contributed by atoms with van der Waals surface area (Å²) in [5, 5.41) is 12.5. The van der Waals surface area contributed by atoms with E-state index in [-0.39, 0.29) is 0 Å². The molecule has 0 bridgehead atoms. The van der Waals surface area contributed by atoms with E-state index < -0.39 is 0 Å². The van der Waals surface area contributed by atoms with Gasteiger partial charge in [-0.1, -0.05) is 17.3 Å². The molecule has 2 aromatic carbocycles. The molecule has 8 nitrogen and oxygen atoms in total. The Hall–Kier alpha value is -3.68. The van der Waals surface area contributed by atoms with Crippen molar-refractivity contribution in [2.75, 3.05) is 25.3 Å². The lowest BCUT2D eigenvalue weighted by Gasteiger charge is -2.13. The van der Waals surface area contributed by atoms with Crippen molar-refractivity contribution in [3.05, 3.63) is 53.7 Å². The van der Waals surface area contributed by atoms with Gasteiger partial charge in [0.1, 0.15) is 17.3 Å². The molecule has 0 spiro atoms. The molecule has 0 saturated carbocycles. The van der Waals surface area contributed by atoms with E-state index in [2.05, 4.69) is 15.6 Å². The van der Waals surface area contributed by atoms with E-state index in [1.165, 1.54) is 0 Å². The van der Waals surface area contributed by atoms with Crippen LogP contribution in [0.25, 0.3) is 11.0 Å². The number of ether oxygens (including phenoxy) is 2. The highest BCUT2D eigenvalue weighted by Crippen LogP contribution is 2.35. The normalized spacial score (nSPS) is 11.0. The fraction of sp³-hybridized carbons (Fsp3) is 0.200. The van der Waals surface area contributed by atoms with E-state index in [4.69, 9.17) is 19.7 Å². The van der Waals surface area contributed by atoms with E-state index in [1.807, 2.05) is 48.0 Å². The average molecular weight is 379 g/mol. The lowest BCUT2D eigenvalue weighted by molar-refractivity contribution is 0.414. The van der Waals surface area contributed by atoms with Crippen LogP contribution in [0.1, 0.15) is 11.3 Å². The summed E-state index contributed by atoms with van der Waals surface area (Å²) < 4.78 is 17.9. The topological polar surface area (TPSA) is 100 Å². The van der Waals surface area contributed by atoms with Gasteiger partial charge in [0, 0.05) is 12.1 Å². The summed E-state index contributed by atoms with van der Waals surface area (Å²) >= 11 is 0. The first-order chi connectivity index (χ1) is 13.6. The van der Waals surface area contributed by atoms with Gasteiger partial charge in [0.05, 0.1) is 37.5 Å². The van der Waals surface area contributed by atoms with E-state index in [0.29, 0.717) is 29.1 Å². The largest absolute Gasteiger partial charge is 0.497 e. The fourth-order valence-electron chi connectivity index (χ4n) is 3.06. The molecule has 0 saturated heterocycles. The molecule has 0 atom stereocenters. The zero-order chi connectivity index (χ0) is 19.7. The molecule has 4 rings (SSSR count). The maximum Gasteiger partial charge on any atom is 0.174 e. The Morgan fingerprint density at radius 1 is 1.11 bits per heavy atom. The van der Waals surface area contributed by atoms with Crippen LogP contribution in [0.4, 0.5) is 17.3 Å². The first-order valence-corrected chi connectivity index (χ1v) is 8.74. The van der Waals surface area contributed by atoms with Gasteiger partial charge in [-0.2, -0.15) is 5.10 Å². The van der Waals surface area contributed by atoms with Crippen molar-refractivity contribution in [2.24, 2.45) is 0 Å². The zero-order valence-corrected chi connectivity index (χ0v) is 15.9. The fourth-order valence-corrected chi connectivity index (χ4v) is 3.06. The van der Waals surface area contributed by atoms with Crippen LogP contribution < -0.4 is 20.5 Å². The van der Waals surface area contributed by atoms with E-state index >= 15 is 0 Å². The molecule has 0 aliphatic carbocycles. The van der Waals surface area contributed by atoms with Crippen LogP contribution in [0.2, 0.25) is 0 Å². The number of nitrogens with one attached hydrogen (secondary N) is 1. The van der Waals surface area contributed by atoms with Gasteiger partial charge < -0.3 is 25.0 Å². The summed E-state index contributed by atoms with van der Waals surface area (Å²) in [6.45, 7) is 2.56. The molecule has 144 valence electrons. The van der Waals surface area contributed by atoms with Crippen molar-refractivity contribution in [3.8, 4) is 11.5 Å². The third-order valence-electron chi connectivity index (χ3n) is 4.48. The summed E-state index contributed by atoms with van der Waals surface area (Å²) in [4.78, 5) is 0. The molecular formula is C20H21N5O3. The van der Waals surface area contributed by atoms with Gasteiger partial charge in [0.25, 0.3) is 0 Å². The van der Waals surface area contributed by atoms with Crippen LogP contribution in [-0.2, 0) is 6.54 Å². The highest BCUT2D eigenvalue weighted by Gasteiger charge is 2.14. The highest BCUT2D eigenvalue weighted by atomic mass is 16.5. The second-order valence-electron chi connectivity index (χ2n) is 6.42. The maximum atomic E-state index is 5.83. The predicted octanol–water partition coefficient (Wildman–Crippen LogP) is 3.72. The lowest BCUT2D eigenvalue weighted by Crippen LogP contribution is -2.07. The van der Waals surface area contributed by atoms with Crippen molar-refractivity contribution in [3.63, 3.8) is 0 Å². The Labute approximate surface area is 161 Å². The molecule has 0 fully saturated rings. The number of anilines is 3. The molecule has 28 heavy (non-hydrogen) atoms. The average Bonchev–Trinajstić information content (AvgIpc) is 3.23. The predicted molar refractivity (Wildman–Crippen MR) is 107 cm³/mol. The molecule has 0 unspecified atom stereocenters. The van der Waals surface area contributed by atoms with E-state index in [9.17, 15) is 0 Å². The minimum atomic E-state index is 0.334. The highest BCUT2D eigenvalue weighted by molar-refractivity contribution is 5.92. The number of methoxy groups -OCH3 is 2. The maximum absolute atomic E-state index is 5.83. The number of benzene rings is 2. The third-order valence-corrected chi connectivity index (χ3v) is 4.48. The van der Waals surface area contributed by atoms with Gasteiger partial charge in [-0.15, -0.1) is 0 Å². The molecule has 2 aromatic heterocycles. The van der Waals surface area contributed by atoms with Crippen LogP contribution in [0.15, 0.2) is 47.0 Å². The van der Waals surface area contributed by atoms with Gasteiger partial charge in [-0.25, -0.2) is 4.68 Å². The van der Waals surface area contributed by atoms with Crippen LogP contribution in [0.5, 0.6) is 11.5 Å². The Balaban J connectivity index is 1.66. The number of nitrogens with zero attached hydrogens (tertiary/aromatic N) is 3. The molecule has 8 heteroatoms. The second-order valence-corrected chi connectivity index (χ2v) is 6.42. The Bertz CT molecular complexity index is 1120. The molecular weight excluding hydrogens is 358 g/mol. The van der Waals surface area contributed by atoms with Gasteiger partial charge in [-0.3, -0.25) is 0 Å². The molecule has 0 aliphatic heterocycles. The van der Waals surface area contributed by atoms with Gasteiger partial charge in [0.15, 0.2) is 11.4 Å². The Morgan fingerprint density at radius 2 is 1.89 bits per heavy atom. The zero-order valence-electron chi connectivity index (χ0n) is 15.9. The van der Waals surface area contributed by atoms with E-state index in [0.717, 1.165) is 28.5 Å². The standard InChI is InChI=1S/C20H21N5O3/c1-12-8-19(25(23-12)11-13-4-6-14(26-2)7-5-13)22-16-10-17-15(9-18(16)27-3)20(21)24-28-17/h4-10,22H,11H2,1-3H3,(H2,21,24). The van der Waals surface area contributed by atoms with Gasteiger partial charge >= 0.3 is 0 Å². The molecule has 0 radical (unpaired) electrons. The summed E-state index contributed by atoms with van der Waals surface area (Å²) in [5.74, 6) is 2.62. The monoisotopic (exact) mass is 379 g/mol. The minimum absolute atomic E-state index is 0.334. The van der Waals surface area contributed by atoms with Crippen LogP contribution in [0, 0.1) is 6.92 Å².